The monoisotopic (exact) mass is 274 g/mol. The molecule has 0 amide bonds. The fraction of sp³-hybridized carbons (Fsp3) is 0.667. The summed E-state index contributed by atoms with van der Waals surface area (Å²) >= 11 is 0. The second-order valence-electron chi connectivity index (χ2n) is 6.69. The van der Waals surface area contributed by atoms with Crippen molar-refractivity contribution in [1.82, 2.24) is 10.2 Å². The number of piperidine rings is 1. The van der Waals surface area contributed by atoms with Gasteiger partial charge in [-0.05, 0) is 43.3 Å². The first-order valence-corrected chi connectivity index (χ1v) is 8.15. The van der Waals surface area contributed by atoms with E-state index in [9.17, 15) is 0 Å². The number of rotatable bonds is 6. The third kappa shape index (κ3) is 4.92. The molecule has 2 rings (SSSR count). The Morgan fingerprint density at radius 2 is 1.95 bits per heavy atom. The smallest absolute Gasteiger partial charge is 0.0234 e. The van der Waals surface area contributed by atoms with Gasteiger partial charge in [0.25, 0.3) is 0 Å². The molecule has 0 bridgehead atoms. The number of nitrogens with one attached hydrogen (secondary N) is 1. The molecule has 1 aromatic rings. The molecule has 2 nitrogen and oxygen atoms in total. The maximum atomic E-state index is 3.78. The minimum atomic E-state index is 0.675. The topological polar surface area (TPSA) is 15.3 Å². The summed E-state index contributed by atoms with van der Waals surface area (Å²) in [4.78, 5) is 2.59. The van der Waals surface area contributed by atoms with Gasteiger partial charge in [-0.25, -0.2) is 0 Å². The third-order valence-corrected chi connectivity index (χ3v) is 4.62. The second kappa shape index (κ2) is 7.80. The Kier molecular flexibility index (Phi) is 6.06. The molecule has 1 aromatic carbocycles. The Balaban J connectivity index is 1.77. The predicted octanol–water partition coefficient (Wildman–Crippen LogP) is 3.53. The fourth-order valence-corrected chi connectivity index (χ4v) is 2.80. The molecule has 0 spiro atoms. The van der Waals surface area contributed by atoms with Gasteiger partial charge in [-0.1, -0.05) is 51.1 Å². The number of benzene rings is 1. The summed E-state index contributed by atoms with van der Waals surface area (Å²) in [6.45, 7) is 11.7. The minimum absolute atomic E-state index is 0.675. The van der Waals surface area contributed by atoms with E-state index < -0.39 is 0 Å². The van der Waals surface area contributed by atoms with Gasteiger partial charge >= 0.3 is 0 Å². The van der Waals surface area contributed by atoms with Crippen molar-refractivity contribution in [3.05, 3.63) is 35.9 Å². The lowest BCUT2D eigenvalue weighted by molar-refractivity contribution is 0.178. The highest BCUT2D eigenvalue weighted by molar-refractivity contribution is 5.14. The molecule has 1 aliphatic heterocycles. The van der Waals surface area contributed by atoms with Gasteiger partial charge in [0.15, 0.2) is 0 Å². The van der Waals surface area contributed by atoms with Gasteiger partial charge in [0.1, 0.15) is 0 Å². The summed E-state index contributed by atoms with van der Waals surface area (Å²) in [5.41, 5.74) is 1.43. The molecule has 1 heterocycles. The van der Waals surface area contributed by atoms with Crippen molar-refractivity contribution in [3.63, 3.8) is 0 Å². The molecule has 20 heavy (non-hydrogen) atoms. The first kappa shape index (κ1) is 15.5. The molecule has 0 aliphatic carbocycles. The molecule has 0 saturated carbocycles. The first-order chi connectivity index (χ1) is 9.65. The van der Waals surface area contributed by atoms with E-state index in [1.165, 1.54) is 31.5 Å². The van der Waals surface area contributed by atoms with Crippen molar-refractivity contribution in [3.8, 4) is 0 Å². The van der Waals surface area contributed by atoms with Crippen LogP contribution in [-0.4, -0.2) is 30.6 Å². The number of hydrogen-bond donors (Lipinski definition) is 1. The summed E-state index contributed by atoms with van der Waals surface area (Å²) in [5.74, 6) is 1.53. The Hall–Kier alpha value is -0.860. The summed E-state index contributed by atoms with van der Waals surface area (Å²) in [6.07, 6.45) is 2.65. The van der Waals surface area contributed by atoms with Gasteiger partial charge in [0.2, 0.25) is 0 Å². The average Bonchev–Trinajstić information content (AvgIpc) is 2.46. The van der Waals surface area contributed by atoms with E-state index >= 15 is 0 Å². The summed E-state index contributed by atoms with van der Waals surface area (Å²) < 4.78 is 0. The quantitative estimate of drug-likeness (QED) is 0.853. The highest BCUT2D eigenvalue weighted by Gasteiger charge is 2.20. The van der Waals surface area contributed by atoms with Crippen LogP contribution in [0.15, 0.2) is 30.3 Å². The van der Waals surface area contributed by atoms with Crippen LogP contribution in [0, 0.1) is 11.8 Å². The maximum absolute atomic E-state index is 3.78. The van der Waals surface area contributed by atoms with E-state index in [0.717, 1.165) is 24.9 Å². The van der Waals surface area contributed by atoms with E-state index in [4.69, 9.17) is 0 Å². The Labute approximate surface area is 124 Å². The molecule has 2 unspecified atom stereocenters. The lowest BCUT2D eigenvalue weighted by Crippen LogP contribution is -2.46. The van der Waals surface area contributed by atoms with E-state index in [1.807, 2.05) is 0 Å². The van der Waals surface area contributed by atoms with Crippen molar-refractivity contribution >= 4 is 0 Å². The average molecular weight is 274 g/mol. The first-order valence-electron chi connectivity index (χ1n) is 8.15. The zero-order valence-corrected chi connectivity index (χ0v) is 13.3. The molecular formula is C18H30N2. The molecule has 1 saturated heterocycles. The van der Waals surface area contributed by atoms with Gasteiger partial charge in [0.05, 0.1) is 0 Å². The number of hydrogen-bond acceptors (Lipinski definition) is 2. The van der Waals surface area contributed by atoms with Gasteiger partial charge in [-0.2, -0.15) is 0 Å². The lowest BCUT2D eigenvalue weighted by Gasteiger charge is -2.34. The SMILES string of the molecule is CC(C)C(C)CNC1CCCN(Cc2ccccc2)C1. The molecule has 1 fully saturated rings. The van der Waals surface area contributed by atoms with Crippen LogP contribution < -0.4 is 5.32 Å². The Bertz CT molecular complexity index is 374. The highest BCUT2D eigenvalue weighted by atomic mass is 15.2. The van der Waals surface area contributed by atoms with Crippen LogP contribution in [0.25, 0.3) is 0 Å². The fourth-order valence-electron chi connectivity index (χ4n) is 2.80. The Morgan fingerprint density at radius 3 is 2.65 bits per heavy atom. The van der Waals surface area contributed by atoms with Gasteiger partial charge in [0, 0.05) is 19.1 Å². The Morgan fingerprint density at radius 1 is 1.20 bits per heavy atom. The zero-order valence-electron chi connectivity index (χ0n) is 13.3. The largest absolute Gasteiger partial charge is 0.312 e. The van der Waals surface area contributed by atoms with Crippen LogP contribution in [0.3, 0.4) is 0 Å². The third-order valence-electron chi connectivity index (χ3n) is 4.62. The van der Waals surface area contributed by atoms with Crippen molar-refractivity contribution < 1.29 is 0 Å². The molecule has 112 valence electrons. The molecule has 0 radical (unpaired) electrons. The molecule has 1 N–H and O–H groups in total. The zero-order chi connectivity index (χ0) is 14.4. The van der Waals surface area contributed by atoms with Crippen LogP contribution in [0.2, 0.25) is 0 Å². The molecular weight excluding hydrogens is 244 g/mol. The molecule has 1 aliphatic rings. The van der Waals surface area contributed by atoms with Crippen LogP contribution in [0.5, 0.6) is 0 Å². The number of nitrogens with zero attached hydrogens (tertiary/aromatic N) is 1. The van der Waals surface area contributed by atoms with Gasteiger partial charge in [-0.15, -0.1) is 0 Å². The minimum Gasteiger partial charge on any atom is -0.312 e. The van der Waals surface area contributed by atoms with Gasteiger partial charge < -0.3 is 5.32 Å². The van der Waals surface area contributed by atoms with Crippen LogP contribution in [0.4, 0.5) is 0 Å². The molecule has 2 atom stereocenters. The predicted molar refractivity (Wildman–Crippen MR) is 86.7 cm³/mol. The van der Waals surface area contributed by atoms with Crippen molar-refractivity contribution in [2.75, 3.05) is 19.6 Å². The van der Waals surface area contributed by atoms with E-state index in [-0.39, 0.29) is 0 Å². The van der Waals surface area contributed by atoms with Crippen LogP contribution in [-0.2, 0) is 6.54 Å². The van der Waals surface area contributed by atoms with E-state index in [2.05, 4.69) is 61.3 Å². The summed E-state index contributed by atoms with van der Waals surface area (Å²) in [6, 6.07) is 11.5. The normalized spacial score (nSPS) is 22.1. The lowest BCUT2D eigenvalue weighted by atomic mass is 9.97. The molecule has 2 heteroatoms. The van der Waals surface area contributed by atoms with E-state index in [1.54, 1.807) is 0 Å². The number of likely N-dealkylation sites (tertiary alicyclic amines) is 1. The van der Waals surface area contributed by atoms with Crippen LogP contribution in [0.1, 0.15) is 39.2 Å². The van der Waals surface area contributed by atoms with E-state index in [0.29, 0.717) is 6.04 Å². The summed E-state index contributed by atoms with van der Waals surface area (Å²) in [7, 11) is 0. The van der Waals surface area contributed by atoms with Crippen LogP contribution >= 0.6 is 0 Å². The standard InChI is InChI=1S/C18H30N2/c1-15(2)16(3)12-19-18-10-7-11-20(14-18)13-17-8-5-4-6-9-17/h4-6,8-9,15-16,18-19H,7,10-14H2,1-3H3. The second-order valence-corrected chi connectivity index (χ2v) is 6.69. The van der Waals surface area contributed by atoms with Crippen molar-refractivity contribution in [1.29, 1.82) is 0 Å². The van der Waals surface area contributed by atoms with Crippen molar-refractivity contribution in [2.24, 2.45) is 11.8 Å². The highest BCUT2D eigenvalue weighted by Crippen LogP contribution is 2.15. The molecule has 0 aromatic heterocycles. The summed E-state index contributed by atoms with van der Waals surface area (Å²) in [5, 5.41) is 3.78. The van der Waals surface area contributed by atoms with Gasteiger partial charge in [-0.3, -0.25) is 4.90 Å². The van der Waals surface area contributed by atoms with Crippen molar-refractivity contribution in [2.45, 2.75) is 46.2 Å². The maximum Gasteiger partial charge on any atom is 0.0234 e.